The second-order valence-electron chi connectivity index (χ2n) is 10.7. The van der Waals surface area contributed by atoms with E-state index in [9.17, 15) is 24.5 Å². The average molecular weight is 693 g/mol. The predicted octanol–water partition coefficient (Wildman–Crippen LogP) is 7.99. The van der Waals surface area contributed by atoms with Crippen LogP contribution in [-0.2, 0) is 16.2 Å². The molecule has 1 heterocycles. The van der Waals surface area contributed by atoms with Gasteiger partial charge in [0, 0.05) is 17.5 Å². The number of barbiturate groups is 1. The van der Waals surface area contributed by atoms with Crippen molar-refractivity contribution >= 4 is 67.7 Å². The smallest absolute Gasteiger partial charge is 0.343 e. The van der Waals surface area contributed by atoms with Crippen LogP contribution in [0.1, 0.15) is 16.7 Å². The second-order valence-corrected chi connectivity index (χ2v) is 11.6. The number of hydrogen-bond acceptors (Lipinski definition) is 7. The quantitative estimate of drug-likeness (QED) is 0.0700. The van der Waals surface area contributed by atoms with Crippen molar-refractivity contribution in [3.8, 4) is 11.5 Å². The predicted molar refractivity (Wildman–Crippen MR) is 182 cm³/mol. The number of ether oxygens (including phenoxy) is 2. The van der Waals surface area contributed by atoms with E-state index in [1.54, 1.807) is 54.6 Å². The standard InChI is InChI=1S/C36H26BrN3O7/c1-22-7-5-10-27(17-22)38-34(41)29(35(42)39(36(38)43)31-12-6-9-25-8-3-4-11-28(25)31)18-24-19-30(37)33(32(20-24)46-2)47-21-23-13-15-26(16-14-23)40(44)45/h3-20H,21H2,1-2H3/b29-18+. The molecular formula is C36H26BrN3O7. The maximum atomic E-state index is 14.1. The highest BCUT2D eigenvalue weighted by molar-refractivity contribution is 9.10. The Hall–Kier alpha value is -5.81. The molecule has 0 atom stereocenters. The van der Waals surface area contributed by atoms with Crippen LogP contribution < -0.4 is 19.3 Å². The van der Waals surface area contributed by atoms with Gasteiger partial charge in [0.1, 0.15) is 12.2 Å². The number of amides is 4. The number of fused-ring (bicyclic) bond motifs is 1. The van der Waals surface area contributed by atoms with Gasteiger partial charge in [-0.25, -0.2) is 14.6 Å². The number of carbonyl (C=O) groups is 3. The zero-order chi connectivity index (χ0) is 33.2. The van der Waals surface area contributed by atoms with Crippen LogP contribution in [0.3, 0.4) is 0 Å². The van der Waals surface area contributed by atoms with E-state index in [1.165, 1.54) is 25.3 Å². The Morgan fingerprint density at radius 3 is 2.28 bits per heavy atom. The van der Waals surface area contributed by atoms with Crippen LogP contribution in [0.4, 0.5) is 21.9 Å². The molecule has 1 aliphatic heterocycles. The van der Waals surface area contributed by atoms with Crippen LogP contribution >= 0.6 is 15.9 Å². The van der Waals surface area contributed by atoms with Gasteiger partial charge in [0.05, 0.1) is 27.9 Å². The monoisotopic (exact) mass is 691 g/mol. The number of anilines is 2. The van der Waals surface area contributed by atoms with Crippen molar-refractivity contribution in [3.05, 3.63) is 140 Å². The van der Waals surface area contributed by atoms with E-state index >= 15 is 0 Å². The minimum Gasteiger partial charge on any atom is -0.493 e. The number of benzene rings is 5. The van der Waals surface area contributed by atoms with Crippen LogP contribution in [0.25, 0.3) is 16.8 Å². The first kappa shape index (κ1) is 31.2. The van der Waals surface area contributed by atoms with Gasteiger partial charge < -0.3 is 9.47 Å². The lowest BCUT2D eigenvalue weighted by molar-refractivity contribution is -0.384. The number of non-ortho nitro benzene ring substituents is 1. The molecule has 0 aliphatic carbocycles. The summed E-state index contributed by atoms with van der Waals surface area (Å²) in [4.78, 5) is 54.8. The van der Waals surface area contributed by atoms with Crippen molar-refractivity contribution in [2.24, 2.45) is 0 Å². The minimum atomic E-state index is -0.784. The molecule has 0 N–H and O–H groups in total. The molecule has 5 aromatic carbocycles. The Balaban J connectivity index is 1.41. The Morgan fingerprint density at radius 2 is 1.55 bits per heavy atom. The Morgan fingerprint density at radius 1 is 0.851 bits per heavy atom. The number of nitrogens with zero attached hydrogens (tertiary/aromatic N) is 3. The van der Waals surface area contributed by atoms with Crippen LogP contribution in [0.5, 0.6) is 11.5 Å². The fourth-order valence-electron chi connectivity index (χ4n) is 5.34. The summed E-state index contributed by atoms with van der Waals surface area (Å²) in [6.45, 7) is 1.94. The molecule has 4 amide bonds. The highest BCUT2D eigenvalue weighted by Crippen LogP contribution is 2.39. The molecule has 0 unspecified atom stereocenters. The van der Waals surface area contributed by atoms with Crippen molar-refractivity contribution in [2.45, 2.75) is 13.5 Å². The fraction of sp³-hybridized carbons (Fsp3) is 0.0833. The van der Waals surface area contributed by atoms with Gasteiger partial charge in [0.15, 0.2) is 11.5 Å². The van der Waals surface area contributed by atoms with Crippen molar-refractivity contribution in [2.75, 3.05) is 16.9 Å². The van der Waals surface area contributed by atoms with Gasteiger partial charge >= 0.3 is 6.03 Å². The summed E-state index contributed by atoms with van der Waals surface area (Å²) >= 11 is 3.51. The zero-order valence-electron chi connectivity index (χ0n) is 25.2. The highest BCUT2D eigenvalue weighted by atomic mass is 79.9. The number of carbonyl (C=O) groups excluding carboxylic acids is 3. The maximum absolute atomic E-state index is 14.1. The molecule has 0 saturated carbocycles. The summed E-state index contributed by atoms with van der Waals surface area (Å²) in [5.41, 5.74) is 2.39. The van der Waals surface area contributed by atoms with Gasteiger partial charge in [-0.2, -0.15) is 0 Å². The SMILES string of the molecule is COc1cc(/C=C2\C(=O)N(c3cccc(C)c3)C(=O)N(c3cccc4ccccc34)C2=O)cc(Br)c1OCc1ccc([N+](=O)[O-])cc1. The molecule has 1 fully saturated rings. The normalized spacial score (nSPS) is 14.2. The summed E-state index contributed by atoms with van der Waals surface area (Å²) in [6, 6.07) is 28.1. The summed E-state index contributed by atoms with van der Waals surface area (Å²) in [5.74, 6) is -0.880. The first-order valence-electron chi connectivity index (χ1n) is 14.4. The topological polar surface area (TPSA) is 119 Å². The van der Waals surface area contributed by atoms with Crippen molar-refractivity contribution in [1.29, 1.82) is 0 Å². The number of rotatable bonds is 8. The van der Waals surface area contributed by atoms with Crippen LogP contribution in [-0.4, -0.2) is 29.9 Å². The molecule has 234 valence electrons. The Bertz CT molecular complexity index is 2110. The van der Waals surface area contributed by atoms with Gasteiger partial charge in [-0.05, 0) is 93.5 Å². The number of hydrogen-bond donors (Lipinski definition) is 0. The zero-order valence-corrected chi connectivity index (χ0v) is 26.8. The molecule has 1 aliphatic rings. The van der Waals surface area contributed by atoms with Gasteiger partial charge in [0.25, 0.3) is 17.5 Å². The molecular weight excluding hydrogens is 666 g/mol. The van der Waals surface area contributed by atoms with Gasteiger partial charge in [-0.15, -0.1) is 0 Å². The van der Waals surface area contributed by atoms with E-state index < -0.39 is 22.8 Å². The van der Waals surface area contributed by atoms with Crippen molar-refractivity contribution in [3.63, 3.8) is 0 Å². The molecule has 6 rings (SSSR count). The molecule has 0 radical (unpaired) electrons. The Labute approximate surface area is 277 Å². The Kier molecular flexibility index (Phi) is 8.55. The van der Waals surface area contributed by atoms with Crippen LogP contribution in [0, 0.1) is 17.0 Å². The largest absolute Gasteiger partial charge is 0.493 e. The fourth-order valence-corrected chi connectivity index (χ4v) is 5.91. The van der Waals surface area contributed by atoms with E-state index in [1.807, 2.05) is 43.3 Å². The first-order chi connectivity index (χ1) is 22.7. The van der Waals surface area contributed by atoms with Gasteiger partial charge in [-0.1, -0.05) is 48.5 Å². The molecule has 1 saturated heterocycles. The van der Waals surface area contributed by atoms with E-state index in [4.69, 9.17) is 9.47 Å². The lowest BCUT2D eigenvalue weighted by atomic mass is 10.0. The number of nitro benzene ring substituents is 1. The lowest BCUT2D eigenvalue weighted by Crippen LogP contribution is -2.57. The van der Waals surface area contributed by atoms with E-state index in [-0.39, 0.29) is 17.9 Å². The number of aryl methyl sites for hydroxylation is 1. The number of halogens is 1. The van der Waals surface area contributed by atoms with E-state index in [0.29, 0.717) is 43.9 Å². The summed E-state index contributed by atoms with van der Waals surface area (Å²) in [5, 5.41) is 12.5. The third-order valence-corrected chi connectivity index (χ3v) is 8.20. The lowest BCUT2D eigenvalue weighted by Gasteiger charge is -2.34. The van der Waals surface area contributed by atoms with Crippen LogP contribution in [0.2, 0.25) is 0 Å². The molecule has 5 aromatic rings. The molecule has 0 spiro atoms. The third-order valence-electron chi connectivity index (χ3n) is 7.61. The number of methoxy groups -OCH3 is 1. The molecule has 10 nitrogen and oxygen atoms in total. The summed E-state index contributed by atoms with van der Waals surface area (Å²) in [7, 11) is 1.45. The van der Waals surface area contributed by atoms with E-state index in [2.05, 4.69) is 15.9 Å². The average Bonchev–Trinajstić information content (AvgIpc) is 3.06. The summed E-state index contributed by atoms with van der Waals surface area (Å²) < 4.78 is 12.1. The molecule has 0 aromatic heterocycles. The van der Waals surface area contributed by atoms with E-state index in [0.717, 1.165) is 20.7 Å². The summed E-state index contributed by atoms with van der Waals surface area (Å²) in [6.07, 6.45) is 1.42. The number of imide groups is 2. The number of urea groups is 1. The van der Waals surface area contributed by atoms with Gasteiger partial charge in [0.2, 0.25) is 0 Å². The van der Waals surface area contributed by atoms with Crippen LogP contribution in [0.15, 0.2) is 113 Å². The number of nitro groups is 1. The van der Waals surface area contributed by atoms with Gasteiger partial charge in [-0.3, -0.25) is 19.7 Å². The molecule has 11 heteroatoms. The first-order valence-corrected chi connectivity index (χ1v) is 15.2. The van der Waals surface area contributed by atoms with Crippen molar-refractivity contribution in [1.82, 2.24) is 0 Å². The second kappa shape index (κ2) is 12.9. The highest BCUT2D eigenvalue weighted by Gasteiger charge is 2.44. The maximum Gasteiger partial charge on any atom is 0.343 e. The molecule has 47 heavy (non-hydrogen) atoms. The van der Waals surface area contributed by atoms with Crippen molar-refractivity contribution < 1.29 is 28.8 Å². The third kappa shape index (κ3) is 6.08. The molecule has 0 bridgehead atoms. The minimum absolute atomic E-state index is 0.0293.